The lowest BCUT2D eigenvalue weighted by Gasteiger charge is -2.27. The zero-order valence-corrected chi connectivity index (χ0v) is 19.2. The molecule has 1 aliphatic heterocycles. The topological polar surface area (TPSA) is 77.3 Å². The number of hydrogen-bond acceptors (Lipinski definition) is 6. The molecule has 0 radical (unpaired) electrons. The SMILES string of the molecule is COC1(c2cc3c(N(C)Cc4cccc(C(F)F)c4F)ncnc3n(C)c2=O)CCS(=O)C1. The summed E-state index contributed by atoms with van der Waals surface area (Å²) in [4.78, 5) is 23.3. The van der Waals surface area contributed by atoms with Gasteiger partial charge in [-0.2, -0.15) is 0 Å². The highest BCUT2D eigenvalue weighted by Crippen LogP contribution is 2.36. The Morgan fingerprint density at radius 1 is 1.33 bits per heavy atom. The minimum absolute atomic E-state index is 0.0316. The van der Waals surface area contributed by atoms with Crippen molar-refractivity contribution in [2.45, 2.75) is 25.0 Å². The van der Waals surface area contributed by atoms with Crippen LogP contribution in [0.5, 0.6) is 0 Å². The van der Waals surface area contributed by atoms with Crippen molar-refractivity contribution in [1.29, 1.82) is 0 Å². The second-order valence-electron chi connectivity index (χ2n) is 8.07. The van der Waals surface area contributed by atoms with E-state index in [1.807, 2.05) is 0 Å². The van der Waals surface area contributed by atoms with E-state index in [9.17, 15) is 22.2 Å². The van der Waals surface area contributed by atoms with Crippen LogP contribution in [0.15, 0.2) is 35.4 Å². The summed E-state index contributed by atoms with van der Waals surface area (Å²) in [5.74, 6) is 0.0586. The van der Waals surface area contributed by atoms with Crippen molar-refractivity contribution >= 4 is 27.7 Å². The summed E-state index contributed by atoms with van der Waals surface area (Å²) < 4.78 is 60.0. The molecule has 7 nitrogen and oxygen atoms in total. The number of pyridine rings is 1. The standard InChI is InChI=1S/C22H23F3N4O3S/c1-28(10-13-5-4-6-14(17(13)23)18(24)25)19-15-9-16(22(32-3)7-8-33(31)11-22)21(30)29(2)20(15)27-12-26-19/h4-6,9,12,18H,7-8,10-11H2,1-3H3. The van der Waals surface area contributed by atoms with Gasteiger partial charge in [0.25, 0.3) is 12.0 Å². The number of anilines is 1. The molecule has 0 spiro atoms. The van der Waals surface area contributed by atoms with Crippen LogP contribution in [0.3, 0.4) is 0 Å². The lowest BCUT2D eigenvalue weighted by atomic mass is 9.93. The van der Waals surface area contributed by atoms with E-state index in [2.05, 4.69) is 9.97 Å². The van der Waals surface area contributed by atoms with E-state index < -0.39 is 34.2 Å². The molecule has 3 heterocycles. The van der Waals surface area contributed by atoms with Crippen molar-refractivity contribution in [2.75, 3.05) is 30.6 Å². The average molecular weight is 481 g/mol. The predicted octanol–water partition coefficient (Wildman–Crippen LogP) is 3.04. The highest BCUT2D eigenvalue weighted by molar-refractivity contribution is 7.85. The van der Waals surface area contributed by atoms with Crippen LogP contribution in [0.4, 0.5) is 19.0 Å². The largest absolute Gasteiger partial charge is 0.372 e. The Bertz CT molecular complexity index is 1300. The van der Waals surface area contributed by atoms with Crippen LogP contribution in [-0.2, 0) is 34.7 Å². The van der Waals surface area contributed by atoms with Gasteiger partial charge in [-0.3, -0.25) is 13.6 Å². The van der Waals surface area contributed by atoms with E-state index in [1.54, 1.807) is 25.1 Å². The van der Waals surface area contributed by atoms with Gasteiger partial charge in [0.2, 0.25) is 0 Å². The van der Waals surface area contributed by atoms with Gasteiger partial charge in [-0.25, -0.2) is 23.1 Å². The number of aromatic nitrogens is 3. The summed E-state index contributed by atoms with van der Waals surface area (Å²) >= 11 is 0. The van der Waals surface area contributed by atoms with Gasteiger partial charge >= 0.3 is 0 Å². The van der Waals surface area contributed by atoms with Gasteiger partial charge in [0, 0.05) is 49.9 Å². The van der Waals surface area contributed by atoms with Crippen molar-refractivity contribution in [3.05, 3.63) is 63.5 Å². The van der Waals surface area contributed by atoms with Crippen LogP contribution >= 0.6 is 0 Å². The zero-order chi connectivity index (χ0) is 23.9. The molecule has 176 valence electrons. The van der Waals surface area contributed by atoms with Crippen molar-refractivity contribution in [2.24, 2.45) is 7.05 Å². The smallest absolute Gasteiger partial charge is 0.266 e. The van der Waals surface area contributed by atoms with E-state index in [-0.39, 0.29) is 23.4 Å². The predicted molar refractivity (Wildman–Crippen MR) is 119 cm³/mol. The molecule has 33 heavy (non-hydrogen) atoms. The second-order valence-corrected chi connectivity index (χ2v) is 9.65. The van der Waals surface area contributed by atoms with E-state index in [0.717, 1.165) is 6.07 Å². The number of ether oxygens (including phenoxy) is 1. The maximum Gasteiger partial charge on any atom is 0.266 e. The molecule has 0 amide bonds. The van der Waals surface area contributed by atoms with Gasteiger partial charge in [-0.15, -0.1) is 0 Å². The molecule has 11 heteroatoms. The number of methoxy groups -OCH3 is 1. The summed E-state index contributed by atoms with van der Waals surface area (Å²) in [6, 6.07) is 5.52. The fourth-order valence-corrected chi connectivity index (χ4v) is 5.91. The van der Waals surface area contributed by atoms with E-state index >= 15 is 0 Å². The van der Waals surface area contributed by atoms with Gasteiger partial charge in [0.05, 0.1) is 22.3 Å². The summed E-state index contributed by atoms with van der Waals surface area (Å²) in [6.45, 7) is -0.0316. The Balaban J connectivity index is 1.83. The summed E-state index contributed by atoms with van der Waals surface area (Å²) in [6.07, 6.45) is -1.20. The number of aryl methyl sites for hydroxylation is 1. The lowest BCUT2D eigenvalue weighted by Crippen LogP contribution is -2.38. The number of alkyl halides is 2. The van der Waals surface area contributed by atoms with Crippen molar-refractivity contribution in [3.8, 4) is 0 Å². The number of hydrogen-bond donors (Lipinski definition) is 0. The monoisotopic (exact) mass is 480 g/mol. The summed E-state index contributed by atoms with van der Waals surface area (Å²) in [5, 5.41) is 0.511. The fraction of sp³-hybridized carbons (Fsp3) is 0.409. The summed E-state index contributed by atoms with van der Waals surface area (Å²) in [7, 11) is 3.60. The lowest BCUT2D eigenvalue weighted by molar-refractivity contribution is 0.00754. The molecule has 1 fully saturated rings. The maximum atomic E-state index is 14.6. The molecular formula is C22H23F3N4O3S. The third-order valence-corrected chi connectivity index (χ3v) is 7.55. The molecule has 3 aromatic rings. The molecule has 4 rings (SSSR count). The number of halogens is 3. The van der Waals surface area contributed by atoms with Gasteiger partial charge in [0.15, 0.2) is 0 Å². The Labute approximate surface area is 190 Å². The minimum Gasteiger partial charge on any atom is -0.372 e. The van der Waals surface area contributed by atoms with Crippen LogP contribution in [0.2, 0.25) is 0 Å². The number of rotatable bonds is 6. The molecule has 1 aliphatic rings. The summed E-state index contributed by atoms with van der Waals surface area (Å²) in [5.41, 5.74) is -1.17. The molecule has 1 saturated heterocycles. The first kappa shape index (κ1) is 23.4. The highest BCUT2D eigenvalue weighted by Gasteiger charge is 2.42. The van der Waals surface area contributed by atoms with Crippen LogP contribution < -0.4 is 10.5 Å². The Morgan fingerprint density at radius 2 is 2.09 bits per heavy atom. The highest BCUT2D eigenvalue weighted by atomic mass is 32.2. The first-order valence-electron chi connectivity index (χ1n) is 10.2. The van der Waals surface area contributed by atoms with Crippen LogP contribution in [0.25, 0.3) is 11.0 Å². The molecule has 0 aliphatic carbocycles. The normalized spacial score (nSPS) is 20.6. The molecule has 2 aromatic heterocycles. The van der Waals surface area contributed by atoms with Crippen LogP contribution in [0.1, 0.15) is 29.5 Å². The minimum atomic E-state index is -2.92. The van der Waals surface area contributed by atoms with Crippen LogP contribution in [0, 0.1) is 5.82 Å². The van der Waals surface area contributed by atoms with E-state index in [4.69, 9.17) is 4.74 Å². The number of benzene rings is 1. The second kappa shape index (κ2) is 8.86. The van der Waals surface area contributed by atoms with Gasteiger partial charge in [-0.05, 0) is 12.5 Å². The van der Waals surface area contributed by atoms with Crippen molar-refractivity contribution in [1.82, 2.24) is 14.5 Å². The van der Waals surface area contributed by atoms with Crippen molar-refractivity contribution in [3.63, 3.8) is 0 Å². The molecule has 1 aromatic carbocycles. The first-order valence-corrected chi connectivity index (χ1v) is 11.7. The Kier molecular flexibility index (Phi) is 6.28. The van der Waals surface area contributed by atoms with Gasteiger partial charge < -0.3 is 9.64 Å². The number of fused-ring (bicyclic) bond motifs is 1. The molecule has 0 saturated carbocycles. The quantitative estimate of drug-likeness (QED) is 0.540. The third kappa shape index (κ3) is 4.04. The zero-order valence-electron chi connectivity index (χ0n) is 18.3. The molecule has 2 atom stereocenters. The fourth-order valence-electron chi connectivity index (χ4n) is 4.27. The van der Waals surface area contributed by atoms with Crippen LogP contribution in [-0.4, -0.2) is 44.4 Å². The first-order chi connectivity index (χ1) is 15.7. The van der Waals surface area contributed by atoms with E-state index in [1.165, 1.54) is 30.1 Å². The average Bonchev–Trinajstić information content (AvgIpc) is 3.18. The van der Waals surface area contributed by atoms with Crippen molar-refractivity contribution < 1.29 is 22.1 Å². The molecular weight excluding hydrogens is 457 g/mol. The molecule has 0 bridgehead atoms. The van der Waals surface area contributed by atoms with E-state index in [0.29, 0.717) is 34.6 Å². The molecule has 0 N–H and O–H groups in total. The maximum absolute atomic E-state index is 14.6. The van der Waals surface area contributed by atoms with Gasteiger partial charge in [0.1, 0.15) is 29.2 Å². The number of nitrogens with zero attached hydrogens (tertiary/aromatic N) is 4. The van der Waals surface area contributed by atoms with Gasteiger partial charge in [-0.1, -0.05) is 18.2 Å². The Morgan fingerprint density at radius 3 is 2.73 bits per heavy atom. The Hall–Kier alpha value is -2.79. The molecule has 2 unspecified atom stereocenters. The third-order valence-electron chi connectivity index (χ3n) is 6.11.